The maximum atomic E-state index is 10.7. The lowest BCUT2D eigenvalue weighted by molar-refractivity contribution is 0.136. The lowest BCUT2D eigenvalue weighted by Crippen LogP contribution is -2.19. The van der Waals surface area contributed by atoms with E-state index in [-0.39, 0.29) is 5.92 Å². The maximum Gasteiger partial charge on any atom is 0.354 e. The molecule has 0 rings (SSSR count). The van der Waals surface area contributed by atoms with Gasteiger partial charge in [0, 0.05) is 0 Å². The molecule has 0 radical (unpaired) electrons. The first-order valence-corrected chi connectivity index (χ1v) is 6.34. The highest BCUT2D eigenvalue weighted by atomic mass is 31.2. The van der Waals surface area contributed by atoms with E-state index in [9.17, 15) is 9.67 Å². The molecule has 80 valence electrons. The molecule has 2 atom stereocenters. The van der Waals surface area contributed by atoms with Crippen molar-refractivity contribution in [1.29, 1.82) is 0 Å². The van der Waals surface area contributed by atoms with Gasteiger partial charge in [-0.3, -0.25) is 4.57 Å². The third kappa shape index (κ3) is 4.77. The number of aliphatic hydroxyl groups is 1. The van der Waals surface area contributed by atoms with Gasteiger partial charge in [-0.2, -0.15) is 0 Å². The molecule has 0 spiro atoms. The zero-order valence-electron chi connectivity index (χ0n) is 8.18. The number of hydrogen-bond acceptors (Lipinski definition) is 2. The molecular formula is C8H19O4P. The van der Waals surface area contributed by atoms with Crippen molar-refractivity contribution >= 4 is 7.60 Å². The summed E-state index contributed by atoms with van der Waals surface area (Å²) in [4.78, 5) is 17.5. The molecule has 0 bridgehead atoms. The smallest absolute Gasteiger partial charge is 0.354 e. The van der Waals surface area contributed by atoms with Crippen molar-refractivity contribution in [3.8, 4) is 0 Å². The molecule has 4 nitrogen and oxygen atoms in total. The van der Waals surface area contributed by atoms with Crippen molar-refractivity contribution < 1.29 is 19.5 Å². The zero-order chi connectivity index (χ0) is 10.5. The SMILES string of the molecule is CCCC[C@H](CC)[C@H](O)P(=O)(O)O. The van der Waals surface area contributed by atoms with Gasteiger partial charge in [-0.25, -0.2) is 0 Å². The van der Waals surface area contributed by atoms with E-state index in [4.69, 9.17) is 9.79 Å². The van der Waals surface area contributed by atoms with Gasteiger partial charge in [-0.15, -0.1) is 0 Å². The largest absolute Gasteiger partial charge is 0.380 e. The Balaban J connectivity index is 4.15. The zero-order valence-corrected chi connectivity index (χ0v) is 9.07. The van der Waals surface area contributed by atoms with E-state index >= 15 is 0 Å². The third-order valence-electron chi connectivity index (χ3n) is 2.22. The minimum absolute atomic E-state index is 0.277. The van der Waals surface area contributed by atoms with Crippen LogP contribution in [-0.4, -0.2) is 20.7 Å². The molecule has 0 aromatic rings. The van der Waals surface area contributed by atoms with Crippen LogP contribution in [-0.2, 0) is 4.57 Å². The van der Waals surface area contributed by atoms with Gasteiger partial charge < -0.3 is 14.9 Å². The van der Waals surface area contributed by atoms with E-state index in [1.807, 2.05) is 13.8 Å². The van der Waals surface area contributed by atoms with Crippen molar-refractivity contribution in [2.24, 2.45) is 5.92 Å². The van der Waals surface area contributed by atoms with Crippen LogP contribution in [0.2, 0.25) is 0 Å². The molecule has 0 fully saturated rings. The summed E-state index contributed by atoms with van der Waals surface area (Å²) in [7, 11) is -4.31. The van der Waals surface area contributed by atoms with Gasteiger partial charge in [-0.05, 0) is 12.3 Å². The first kappa shape index (κ1) is 13.1. The summed E-state index contributed by atoms with van der Waals surface area (Å²) in [5.41, 5.74) is 0. The Hall–Kier alpha value is 0.110. The molecule has 3 N–H and O–H groups in total. The molecule has 0 aliphatic rings. The topological polar surface area (TPSA) is 77.8 Å². The van der Waals surface area contributed by atoms with E-state index in [2.05, 4.69) is 0 Å². The van der Waals surface area contributed by atoms with Crippen molar-refractivity contribution in [3.63, 3.8) is 0 Å². The fourth-order valence-electron chi connectivity index (χ4n) is 1.30. The van der Waals surface area contributed by atoms with Crippen LogP contribution in [0.25, 0.3) is 0 Å². The lowest BCUT2D eigenvalue weighted by Gasteiger charge is -2.21. The monoisotopic (exact) mass is 210 g/mol. The molecule has 0 saturated carbocycles. The molecule has 0 aliphatic heterocycles. The number of unbranched alkanes of at least 4 members (excludes halogenated alkanes) is 1. The summed E-state index contributed by atoms with van der Waals surface area (Å²) in [5, 5.41) is 9.31. The molecule has 13 heavy (non-hydrogen) atoms. The first-order chi connectivity index (χ1) is 5.93. The highest BCUT2D eigenvalue weighted by molar-refractivity contribution is 7.52. The Morgan fingerprint density at radius 3 is 2.15 bits per heavy atom. The normalized spacial score (nSPS) is 17.0. The lowest BCUT2D eigenvalue weighted by atomic mass is 10.0. The van der Waals surface area contributed by atoms with Crippen molar-refractivity contribution in [3.05, 3.63) is 0 Å². The van der Waals surface area contributed by atoms with Crippen LogP contribution in [0.3, 0.4) is 0 Å². The summed E-state index contributed by atoms with van der Waals surface area (Å²) in [5.74, 6) is -1.76. The van der Waals surface area contributed by atoms with Crippen LogP contribution < -0.4 is 0 Å². The Morgan fingerprint density at radius 1 is 1.31 bits per heavy atom. The second-order valence-corrected chi connectivity index (χ2v) is 5.02. The minimum atomic E-state index is -4.31. The summed E-state index contributed by atoms with van der Waals surface area (Å²) >= 11 is 0. The summed E-state index contributed by atoms with van der Waals surface area (Å²) in [6.45, 7) is 3.84. The van der Waals surface area contributed by atoms with Gasteiger partial charge in [0.2, 0.25) is 0 Å². The fourth-order valence-corrected chi connectivity index (χ4v) is 2.21. The van der Waals surface area contributed by atoms with Gasteiger partial charge in [0.25, 0.3) is 0 Å². The molecule has 0 unspecified atom stereocenters. The Morgan fingerprint density at radius 2 is 1.85 bits per heavy atom. The second kappa shape index (κ2) is 5.76. The number of hydrogen-bond donors (Lipinski definition) is 3. The molecule has 0 aliphatic carbocycles. The van der Waals surface area contributed by atoms with Crippen LogP contribution in [0.1, 0.15) is 39.5 Å². The van der Waals surface area contributed by atoms with Gasteiger partial charge in [-0.1, -0.05) is 33.1 Å². The molecule has 0 amide bonds. The van der Waals surface area contributed by atoms with E-state index in [0.29, 0.717) is 12.8 Å². The minimum Gasteiger partial charge on any atom is -0.380 e. The quantitative estimate of drug-likeness (QED) is 0.583. The summed E-state index contributed by atoms with van der Waals surface area (Å²) < 4.78 is 10.7. The average molecular weight is 210 g/mol. The van der Waals surface area contributed by atoms with E-state index in [0.717, 1.165) is 12.8 Å². The van der Waals surface area contributed by atoms with Crippen molar-refractivity contribution in [1.82, 2.24) is 0 Å². The van der Waals surface area contributed by atoms with Crippen molar-refractivity contribution in [2.45, 2.75) is 45.4 Å². The predicted octanol–water partition coefficient (Wildman–Crippen LogP) is 1.70. The molecule has 0 saturated heterocycles. The molecule has 5 heteroatoms. The van der Waals surface area contributed by atoms with E-state index < -0.39 is 13.4 Å². The highest BCUT2D eigenvalue weighted by Gasteiger charge is 2.32. The van der Waals surface area contributed by atoms with Gasteiger partial charge >= 0.3 is 7.60 Å². The molecule has 0 aromatic carbocycles. The van der Waals surface area contributed by atoms with Gasteiger partial charge in [0.1, 0.15) is 0 Å². The van der Waals surface area contributed by atoms with Crippen LogP contribution in [0, 0.1) is 5.92 Å². The second-order valence-electron chi connectivity index (χ2n) is 3.31. The standard InChI is InChI=1S/C8H19O4P/c1-3-5-6-7(4-2)8(9)13(10,11)12/h7-9H,3-6H2,1-2H3,(H2,10,11,12)/t7-,8+/m0/s1. The van der Waals surface area contributed by atoms with E-state index in [1.165, 1.54) is 0 Å². The third-order valence-corrected chi connectivity index (χ3v) is 3.33. The molecular weight excluding hydrogens is 191 g/mol. The summed E-state index contributed by atoms with van der Waals surface area (Å²) in [6.07, 6.45) is 3.16. The Kier molecular flexibility index (Phi) is 5.81. The Labute approximate surface area is 79.1 Å². The highest BCUT2D eigenvalue weighted by Crippen LogP contribution is 2.45. The van der Waals surface area contributed by atoms with Crippen molar-refractivity contribution in [2.75, 3.05) is 0 Å². The fraction of sp³-hybridized carbons (Fsp3) is 1.00. The van der Waals surface area contributed by atoms with Gasteiger partial charge in [0.15, 0.2) is 5.85 Å². The predicted molar refractivity (Wildman–Crippen MR) is 51.4 cm³/mol. The Bertz CT molecular complexity index is 177. The molecule has 0 heterocycles. The first-order valence-electron chi connectivity index (χ1n) is 4.66. The molecule has 0 aromatic heterocycles. The number of aliphatic hydroxyl groups excluding tert-OH is 1. The summed E-state index contributed by atoms with van der Waals surface area (Å²) in [6, 6.07) is 0. The average Bonchev–Trinajstić information content (AvgIpc) is 2.04. The van der Waals surface area contributed by atoms with Crippen LogP contribution >= 0.6 is 7.60 Å². The maximum absolute atomic E-state index is 10.7. The van der Waals surface area contributed by atoms with Crippen LogP contribution in [0.4, 0.5) is 0 Å². The van der Waals surface area contributed by atoms with Crippen LogP contribution in [0.5, 0.6) is 0 Å². The van der Waals surface area contributed by atoms with Gasteiger partial charge in [0.05, 0.1) is 0 Å². The van der Waals surface area contributed by atoms with E-state index in [1.54, 1.807) is 0 Å². The number of rotatable bonds is 6. The van der Waals surface area contributed by atoms with Crippen LogP contribution in [0.15, 0.2) is 0 Å².